The van der Waals surface area contributed by atoms with E-state index in [2.05, 4.69) is 4.98 Å². The molecule has 2 rings (SSSR count). The third-order valence-electron chi connectivity index (χ3n) is 2.41. The third kappa shape index (κ3) is 2.44. The maximum absolute atomic E-state index is 12.4. The zero-order valence-electron chi connectivity index (χ0n) is 8.50. The maximum atomic E-state index is 12.4. The van der Waals surface area contributed by atoms with Gasteiger partial charge in [-0.15, -0.1) is 0 Å². The van der Waals surface area contributed by atoms with Gasteiger partial charge >= 0.3 is 6.18 Å². The Labute approximate surface area is 90.8 Å². The highest BCUT2D eigenvalue weighted by molar-refractivity contribution is 5.47. The molecule has 0 bridgehead atoms. The molecule has 0 N–H and O–H groups in total. The van der Waals surface area contributed by atoms with Crippen LogP contribution >= 0.6 is 0 Å². The summed E-state index contributed by atoms with van der Waals surface area (Å²) >= 11 is 0. The Bertz CT molecular complexity index is 361. The van der Waals surface area contributed by atoms with Gasteiger partial charge in [0.1, 0.15) is 5.69 Å². The molecular formula is C10H11F3N2O. The van der Waals surface area contributed by atoms with Gasteiger partial charge in [0, 0.05) is 25.0 Å². The number of hydrogen-bond acceptors (Lipinski definition) is 3. The van der Waals surface area contributed by atoms with Gasteiger partial charge in [-0.05, 0) is 12.1 Å². The van der Waals surface area contributed by atoms with E-state index in [9.17, 15) is 13.2 Å². The molecule has 0 amide bonds. The molecule has 1 aliphatic rings. The van der Waals surface area contributed by atoms with Gasteiger partial charge < -0.3 is 9.64 Å². The molecule has 0 aliphatic carbocycles. The summed E-state index contributed by atoms with van der Waals surface area (Å²) in [5.74, 6) is 0. The van der Waals surface area contributed by atoms with E-state index >= 15 is 0 Å². The largest absolute Gasteiger partial charge is 0.433 e. The minimum atomic E-state index is -4.39. The molecule has 1 fully saturated rings. The number of hydrogen-bond donors (Lipinski definition) is 0. The van der Waals surface area contributed by atoms with Gasteiger partial charge in [-0.25, -0.2) is 0 Å². The van der Waals surface area contributed by atoms with Crippen LogP contribution in [0.1, 0.15) is 5.69 Å². The van der Waals surface area contributed by atoms with Crippen LogP contribution in [0.25, 0.3) is 0 Å². The van der Waals surface area contributed by atoms with E-state index in [0.717, 1.165) is 6.07 Å². The van der Waals surface area contributed by atoms with Gasteiger partial charge in [-0.1, -0.05) is 0 Å². The van der Waals surface area contributed by atoms with Crippen LogP contribution < -0.4 is 4.90 Å². The average Bonchev–Trinajstić information content (AvgIpc) is 2.29. The standard InChI is InChI=1S/C10H11F3N2O/c11-10(12,13)9-7-8(1-2-14-9)15-3-5-16-6-4-15/h1-2,7H,3-6H2. The molecule has 1 aromatic heterocycles. The van der Waals surface area contributed by atoms with Crippen molar-refractivity contribution in [2.75, 3.05) is 31.2 Å². The topological polar surface area (TPSA) is 25.4 Å². The zero-order valence-corrected chi connectivity index (χ0v) is 8.50. The molecule has 0 spiro atoms. The van der Waals surface area contributed by atoms with Crippen LogP contribution in [0.3, 0.4) is 0 Å². The van der Waals surface area contributed by atoms with Gasteiger partial charge in [0.25, 0.3) is 0 Å². The summed E-state index contributed by atoms with van der Waals surface area (Å²) in [4.78, 5) is 5.18. The Morgan fingerprint density at radius 2 is 1.94 bits per heavy atom. The summed E-state index contributed by atoms with van der Waals surface area (Å²) in [6.45, 7) is 2.32. The average molecular weight is 232 g/mol. The number of aromatic nitrogens is 1. The van der Waals surface area contributed by atoms with E-state index in [1.54, 1.807) is 6.07 Å². The lowest BCUT2D eigenvalue weighted by atomic mass is 10.2. The Hall–Kier alpha value is -1.30. The normalized spacial score (nSPS) is 17.6. The first kappa shape index (κ1) is 11.2. The zero-order chi connectivity index (χ0) is 11.6. The van der Waals surface area contributed by atoms with Crippen molar-refractivity contribution in [1.29, 1.82) is 0 Å². The van der Waals surface area contributed by atoms with Crippen molar-refractivity contribution in [2.45, 2.75) is 6.18 Å². The van der Waals surface area contributed by atoms with Crippen molar-refractivity contribution in [3.05, 3.63) is 24.0 Å². The van der Waals surface area contributed by atoms with Crippen molar-refractivity contribution < 1.29 is 17.9 Å². The van der Waals surface area contributed by atoms with Gasteiger partial charge in [0.2, 0.25) is 0 Å². The fourth-order valence-electron chi connectivity index (χ4n) is 1.59. The predicted molar refractivity (Wildman–Crippen MR) is 52.3 cm³/mol. The molecule has 1 aliphatic heterocycles. The quantitative estimate of drug-likeness (QED) is 0.739. The van der Waals surface area contributed by atoms with E-state index < -0.39 is 11.9 Å². The van der Waals surface area contributed by atoms with Crippen molar-refractivity contribution in [2.24, 2.45) is 0 Å². The smallest absolute Gasteiger partial charge is 0.378 e. The highest BCUT2D eigenvalue weighted by Gasteiger charge is 2.32. The Balaban J connectivity index is 2.21. The van der Waals surface area contributed by atoms with Crippen LogP contribution in [-0.2, 0) is 10.9 Å². The van der Waals surface area contributed by atoms with Gasteiger partial charge in [-0.3, -0.25) is 4.98 Å². The molecule has 0 radical (unpaired) electrons. The maximum Gasteiger partial charge on any atom is 0.433 e. The summed E-state index contributed by atoms with van der Waals surface area (Å²) in [6.07, 6.45) is -3.20. The highest BCUT2D eigenvalue weighted by atomic mass is 19.4. The van der Waals surface area contributed by atoms with Crippen molar-refractivity contribution in [3.63, 3.8) is 0 Å². The van der Waals surface area contributed by atoms with Crippen LogP contribution in [0.4, 0.5) is 18.9 Å². The Morgan fingerprint density at radius 3 is 2.56 bits per heavy atom. The summed E-state index contributed by atoms with van der Waals surface area (Å²) in [5, 5.41) is 0. The van der Waals surface area contributed by atoms with E-state index in [4.69, 9.17) is 4.74 Å². The lowest BCUT2D eigenvalue weighted by molar-refractivity contribution is -0.141. The van der Waals surface area contributed by atoms with E-state index in [1.165, 1.54) is 6.20 Å². The number of halogens is 3. The van der Waals surface area contributed by atoms with Crippen LogP contribution in [0.2, 0.25) is 0 Å². The van der Waals surface area contributed by atoms with Crippen molar-refractivity contribution in [1.82, 2.24) is 4.98 Å². The van der Waals surface area contributed by atoms with Crippen LogP contribution in [0, 0.1) is 0 Å². The number of anilines is 1. The molecule has 1 aromatic rings. The van der Waals surface area contributed by atoms with Crippen LogP contribution in [0.15, 0.2) is 18.3 Å². The summed E-state index contributed by atoms with van der Waals surface area (Å²) in [6, 6.07) is 2.66. The molecule has 0 saturated carbocycles. The number of alkyl halides is 3. The minimum Gasteiger partial charge on any atom is -0.378 e. The number of pyridine rings is 1. The molecule has 3 nitrogen and oxygen atoms in total. The monoisotopic (exact) mass is 232 g/mol. The van der Waals surface area contributed by atoms with E-state index in [1.807, 2.05) is 4.90 Å². The Kier molecular flexibility index (Phi) is 3.00. The highest BCUT2D eigenvalue weighted by Crippen LogP contribution is 2.29. The number of rotatable bonds is 1. The molecule has 88 valence electrons. The first-order chi connectivity index (χ1) is 7.57. The SMILES string of the molecule is FC(F)(F)c1cc(N2CCOCC2)ccn1. The van der Waals surface area contributed by atoms with E-state index in [0.29, 0.717) is 32.0 Å². The molecule has 16 heavy (non-hydrogen) atoms. The van der Waals surface area contributed by atoms with Gasteiger partial charge in [-0.2, -0.15) is 13.2 Å². The molecule has 0 atom stereocenters. The number of morpholine rings is 1. The fourth-order valence-corrected chi connectivity index (χ4v) is 1.59. The minimum absolute atomic E-state index is 0.545. The lowest BCUT2D eigenvalue weighted by Gasteiger charge is -2.29. The summed E-state index contributed by atoms with van der Waals surface area (Å²) < 4.78 is 42.4. The molecule has 6 heteroatoms. The molecular weight excluding hydrogens is 221 g/mol. The van der Waals surface area contributed by atoms with Gasteiger partial charge in [0.05, 0.1) is 13.2 Å². The first-order valence-electron chi connectivity index (χ1n) is 4.93. The molecule has 2 heterocycles. The second-order valence-electron chi connectivity index (χ2n) is 3.50. The van der Waals surface area contributed by atoms with E-state index in [-0.39, 0.29) is 0 Å². The molecule has 0 unspecified atom stereocenters. The summed E-state index contributed by atoms with van der Waals surface area (Å²) in [5.41, 5.74) is -0.304. The van der Waals surface area contributed by atoms with Crippen LogP contribution in [-0.4, -0.2) is 31.3 Å². The second-order valence-corrected chi connectivity index (χ2v) is 3.50. The van der Waals surface area contributed by atoms with Crippen LogP contribution in [0.5, 0.6) is 0 Å². The molecule has 1 saturated heterocycles. The van der Waals surface area contributed by atoms with Crippen molar-refractivity contribution in [3.8, 4) is 0 Å². The lowest BCUT2D eigenvalue weighted by Crippen LogP contribution is -2.36. The fraction of sp³-hybridized carbons (Fsp3) is 0.500. The Morgan fingerprint density at radius 1 is 1.25 bits per heavy atom. The number of nitrogens with zero attached hydrogens (tertiary/aromatic N) is 2. The second kappa shape index (κ2) is 4.29. The summed E-state index contributed by atoms with van der Waals surface area (Å²) in [7, 11) is 0. The molecule has 0 aromatic carbocycles. The van der Waals surface area contributed by atoms with Crippen molar-refractivity contribution >= 4 is 5.69 Å². The number of ether oxygens (including phenoxy) is 1. The van der Waals surface area contributed by atoms with Gasteiger partial charge in [0.15, 0.2) is 0 Å². The predicted octanol–water partition coefficient (Wildman–Crippen LogP) is 1.94. The third-order valence-corrected chi connectivity index (χ3v) is 2.41. The first-order valence-corrected chi connectivity index (χ1v) is 4.93.